The van der Waals surface area contributed by atoms with Crippen LogP contribution in [0, 0.1) is 5.92 Å². The van der Waals surface area contributed by atoms with Gasteiger partial charge < -0.3 is 14.7 Å². The Kier molecular flexibility index (Phi) is 4.87. The lowest BCUT2D eigenvalue weighted by Gasteiger charge is -2.28. The van der Waals surface area contributed by atoms with Crippen LogP contribution in [0.5, 0.6) is 5.75 Å². The Balaban J connectivity index is 1.74. The number of nitrogens with zero attached hydrogens (tertiary/aromatic N) is 2. The third-order valence-corrected chi connectivity index (χ3v) is 5.04. The molecule has 2 aliphatic rings. The van der Waals surface area contributed by atoms with Crippen molar-refractivity contribution in [2.75, 3.05) is 33.8 Å². The highest BCUT2D eigenvalue weighted by molar-refractivity contribution is 5.70. The summed E-state index contributed by atoms with van der Waals surface area (Å²) in [6.07, 6.45) is 2.67. The number of likely N-dealkylation sites (tertiary alicyclic amines) is 1. The second-order valence-corrected chi connectivity index (χ2v) is 6.96. The highest BCUT2D eigenvalue weighted by Gasteiger charge is 2.29. The molecule has 0 spiro atoms. The molecule has 2 atom stereocenters. The minimum Gasteiger partial charge on any atom is -0.493 e. The molecule has 3 rings (SSSR count). The highest BCUT2D eigenvalue weighted by atomic mass is 16.5. The standard InChI is InChI=1S/C18H26N2O3/c1-19(2)16-5-4-15(18(21)22)11-20(12-16)10-13-3-6-17-14(9-13)7-8-23-17/h3,6,9,15-16H,4-5,7-8,10-12H2,1-2H3,(H,21,22)/t15-,16+/m0/s1. The maximum Gasteiger partial charge on any atom is 0.307 e. The summed E-state index contributed by atoms with van der Waals surface area (Å²) in [7, 11) is 4.16. The number of benzene rings is 1. The Bertz CT molecular complexity index is 573. The van der Waals surface area contributed by atoms with Crippen LogP contribution in [0.2, 0.25) is 0 Å². The molecule has 5 nitrogen and oxygen atoms in total. The Morgan fingerprint density at radius 2 is 2.17 bits per heavy atom. The minimum absolute atomic E-state index is 0.266. The monoisotopic (exact) mass is 318 g/mol. The average Bonchev–Trinajstić information content (AvgIpc) is 2.85. The van der Waals surface area contributed by atoms with Crippen molar-refractivity contribution in [2.45, 2.75) is 31.8 Å². The van der Waals surface area contributed by atoms with Crippen molar-refractivity contribution < 1.29 is 14.6 Å². The number of fused-ring (bicyclic) bond motifs is 1. The molecule has 2 aliphatic heterocycles. The van der Waals surface area contributed by atoms with Gasteiger partial charge in [-0.2, -0.15) is 0 Å². The van der Waals surface area contributed by atoms with Crippen LogP contribution in [-0.4, -0.2) is 60.7 Å². The fraction of sp³-hybridized carbons (Fsp3) is 0.611. The van der Waals surface area contributed by atoms with Gasteiger partial charge in [-0.15, -0.1) is 0 Å². The molecular weight excluding hydrogens is 292 g/mol. The molecule has 23 heavy (non-hydrogen) atoms. The maximum atomic E-state index is 11.5. The third-order valence-electron chi connectivity index (χ3n) is 5.04. The molecule has 1 N–H and O–H groups in total. The van der Waals surface area contributed by atoms with E-state index in [9.17, 15) is 9.90 Å². The first-order valence-electron chi connectivity index (χ1n) is 8.39. The van der Waals surface area contributed by atoms with Crippen LogP contribution >= 0.6 is 0 Å². The summed E-state index contributed by atoms with van der Waals surface area (Å²) in [6.45, 7) is 3.13. The van der Waals surface area contributed by atoms with Gasteiger partial charge in [0.05, 0.1) is 12.5 Å². The zero-order chi connectivity index (χ0) is 16.4. The van der Waals surface area contributed by atoms with E-state index < -0.39 is 5.97 Å². The first-order chi connectivity index (χ1) is 11.0. The van der Waals surface area contributed by atoms with Crippen LogP contribution in [0.4, 0.5) is 0 Å². The van der Waals surface area contributed by atoms with E-state index >= 15 is 0 Å². The lowest BCUT2D eigenvalue weighted by atomic mass is 10.0. The Hall–Kier alpha value is -1.59. The van der Waals surface area contributed by atoms with E-state index in [4.69, 9.17) is 4.74 Å². The predicted octanol–water partition coefficient (Wildman–Crippen LogP) is 1.85. The van der Waals surface area contributed by atoms with Gasteiger partial charge in [0.15, 0.2) is 0 Å². The Morgan fingerprint density at radius 3 is 2.91 bits per heavy atom. The van der Waals surface area contributed by atoms with Gasteiger partial charge in [0.2, 0.25) is 0 Å². The van der Waals surface area contributed by atoms with E-state index in [0.29, 0.717) is 12.6 Å². The molecule has 1 saturated heterocycles. The van der Waals surface area contributed by atoms with Crippen molar-refractivity contribution >= 4 is 5.97 Å². The van der Waals surface area contributed by atoms with E-state index in [1.165, 1.54) is 11.1 Å². The van der Waals surface area contributed by atoms with Gasteiger partial charge in [-0.1, -0.05) is 12.1 Å². The van der Waals surface area contributed by atoms with Gasteiger partial charge >= 0.3 is 5.97 Å². The summed E-state index contributed by atoms with van der Waals surface area (Å²) in [5, 5.41) is 9.44. The molecule has 1 aromatic rings. The van der Waals surface area contributed by atoms with Crippen molar-refractivity contribution in [3.63, 3.8) is 0 Å². The normalized spacial score (nSPS) is 25.0. The van der Waals surface area contributed by atoms with Gasteiger partial charge in [0, 0.05) is 32.1 Å². The van der Waals surface area contributed by atoms with E-state index in [0.717, 1.165) is 44.7 Å². The van der Waals surface area contributed by atoms with Crippen LogP contribution in [0.1, 0.15) is 24.0 Å². The number of likely N-dealkylation sites (N-methyl/N-ethyl adjacent to an activating group) is 1. The summed E-state index contributed by atoms with van der Waals surface area (Å²) < 4.78 is 5.56. The average molecular weight is 318 g/mol. The van der Waals surface area contributed by atoms with Crippen LogP contribution in [0.15, 0.2) is 18.2 Å². The molecule has 0 unspecified atom stereocenters. The lowest BCUT2D eigenvalue weighted by Crippen LogP contribution is -2.39. The van der Waals surface area contributed by atoms with Gasteiger partial charge in [-0.05, 0) is 44.1 Å². The van der Waals surface area contributed by atoms with Crippen molar-refractivity contribution in [1.82, 2.24) is 9.80 Å². The summed E-state index contributed by atoms with van der Waals surface area (Å²) >= 11 is 0. The largest absolute Gasteiger partial charge is 0.493 e. The van der Waals surface area contributed by atoms with Gasteiger partial charge in [-0.25, -0.2) is 0 Å². The third kappa shape index (κ3) is 3.85. The van der Waals surface area contributed by atoms with Crippen LogP contribution in [-0.2, 0) is 17.8 Å². The SMILES string of the molecule is CN(C)[C@@H]1CC[C@H](C(=O)O)CN(Cc2ccc3c(c2)CCO3)C1. The molecule has 126 valence electrons. The van der Waals surface area contributed by atoms with E-state index in [-0.39, 0.29) is 5.92 Å². The highest BCUT2D eigenvalue weighted by Crippen LogP contribution is 2.27. The molecule has 2 heterocycles. The van der Waals surface area contributed by atoms with Crippen LogP contribution in [0.3, 0.4) is 0 Å². The summed E-state index contributed by atoms with van der Waals surface area (Å²) in [4.78, 5) is 16.0. The maximum absolute atomic E-state index is 11.5. The topological polar surface area (TPSA) is 53.0 Å². The Labute approximate surface area is 137 Å². The first-order valence-corrected chi connectivity index (χ1v) is 8.39. The van der Waals surface area contributed by atoms with Gasteiger partial charge in [-0.3, -0.25) is 9.69 Å². The zero-order valence-electron chi connectivity index (χ0n) is 14.0. The van der Waals surface area contributed by atoms with Crippen molar-refractivity contribution in [2.24, 2.45) is 5.92 Å². The van der Waals surface area contributed by atoms with Gasteiger partial charge in [0.1, 0.15) is 5.75 Å². The quantitative estimate of drug-likeness (QED) is 0.918. The van der Waals surface area contributed by atoms with Crippen molar-refractivity contribution in [1.29, 1.82) is 0 Å². The van der Waals surface area contributed by atoms with Crippen molar-refractivity contribution in [3.8, 4) is 5.75 Å². The molecule has 0 saturated carbocycles. The predicted molar refractivity (Wildman–Crippen MR) is 88.8 cm³/mol. The number of ether oxygens (including phenoxy) is 1. The van der Waals surface area contributed by atoms with E-state index in [1.807, 2.05) is 6.07 Å². The first kappa shape index (κ1) is 16.3. The van der Waals surface area contributed by atoms with E-state index in [2.05, 4.69) is 36.0 Å². The molecule has 0 radical (unpaired) electrons. The molecule has 0 amide bonds. The number of hydrogen-bond acceptors (Lipinski definition) is 4. The zero-order valence-corrected chi connectivity index (χ0v) is 14.0. The second kappa shape index (κ2) is 6.89. The molecule has 0 aromatic heterocycles. The number of hydrogen-bond donors (Lipinski definition) is 1. The van der Waals surface area contributed by atoms with E-state index in [1.54, 1.807) is 0 Å². The molecular formula is C18H26N2O3. The lowest BCUT2D eigenvalue weighted by molar-refractivity contribution is -0.142. The summed E-state index contributed by atoms with van der Waals surface area (Å²) in [5.41, 5.74) is 2.52. The molecule has 1 aromatic carbocycles. The van der Waals surface area contributed by atoms with Gasteiger partial charge in [0.25, 0.3) is 0 Å². The Morgan fingerprint density at radius 1 is 1.35 bits per heavy atom. The molecule has 1 fully saturated rings. The summed E-state index contributed by atoms with van der Waals surface area (Å²) in [5.74, 6) is 0.0636. The number of carbonyl (C=O) groups is 1. The smallest absolute Gasteiger partial charge is 0.307 e. The fourth-order valence-electron chi connectivity index (χ4n) is 3.61. The number of carboxylic acids is 1. The number of aliphatic carboxylic acids is 1. The van der Waals surface area contributed by atoms with Crippen molar-refractivity contribution in [3.05, 3.63) is 29.3 Å². The second-order valence-electron chi connectivity index (χ2n) is 6.96. The molecule has 5 heteroatoms. The number of carboxylic acid groups (broad SMARTS) is 1. The molecule has 0 aliphatic carbocycles. The fourth-order valence-corrected chi connectivity index (χ4v) is 3.61. The van der Waals surface area contributed by atoms with Crippen LogP contribution in [0.25, 0.3) is 0 Å². The minimum atomic E-state index is -0.670. The summed E-state index contributed by atoms with van der Waals surface area (Å²) in [6, 6.07) is 6.79. The number of rotatable bonds is 4. The van der Waals surface area contributed by atoms with Crippen LogP contribution < -0.4 is 4.74 Å². The molecule has 0 bridgehead atoms.